The third kappa shape index (κ3) is 2.47. The molecule has 0 unspecified atom stereocenters. The molecule has 0 aromatic heterocycles. The summed E-state index contributed by atoms with van der Waals surface area (Å²) >= 11 is 0. The molecule has 1 aromatic rings. The third-order valence-corrected chi connectivity index (χ3v) is 3.58. The third-order valence-electron chi connectivity index (χ3n) is 3.58. The highest BCUT2D eigenvalue weighted by Gasteiger charge is 2.39. The zero-order valence-corrected chi connectivity index (χ0v) is 9.66. The Hall–Kier alpha value is -1.22. The van der Waals surface area contributed by atoms with Crippen molar-refractivity contribution in [3.05, 3.63) is 23.8 Å². The van der Waals surface area contributed by atoms with Gasteiger partial charge in [0, 0.05) is 13.1 Å². The van der Waals surface area contributed by atoms with Crippen LogP contribution in [0.25, 0.3) is 0 Å². The summed E-state index contributed by atoms with van der Waals surface area (Å²) in [6.07, 6.45) is 3.90. The molecule has 0 aliphatic heterocycles. The smallest absolute Gasteiger partial charge is 0.157 e. The lowest BCUT2D eigenvalue weighted by molar-refractivity contribution is 0.402. The Morgan fingerprint density at radius 1 is 1.25 bits per heavy atom. The standard InChI is InChI=1S/C13H19NO2/c1-2-13(5-6-13)9-14-8-10-3-4-11(15)12(16)7-10/h3-4,7,14-16H,2,5-6,8-9H2,1H3. The highest BCUT2D eigenvalue weighted by atomic mass is 16.3. The molecule has 16 heavy (non-hydrogen) atoms. The van der Waals surface area contributed by atoms with Gasteiger partial charge in [0.15, 0.2) is 11.5 Å². The zero-order chi connectivity index (χ0) is 11.6. The predicted molar refractivity (Wildman–Crippen MR) is 63.4 cm³/mol. The average Bonchev–Trinajstić information content (AvgIpc) is 3.04. The van der Waals surface area contributed by atoms with Gasteiger partial charge in [0.05, 0.1) is 0 Å². The number of phenolic OH excluding ortho intramolecular Hbond substituents is 2. The quantitative estimate of drug-likeness (QED) is 0.669. The van der Waals surface area contributed by atoms with Gasteiger partial charge in [-0.05, 0) is 42.4 Å². The Bertz CT molecular complexity index is 372. The lowest BCUT2D eigenvalue weighted by Gasteiger charge is -2.13. The van der Waals surface area contributed by atoms with E-state index < -0.39 is 0 Å². The number of benzene rings is 1. The van der Waals surface area contributed by atoms with Crippen LogP contribution in [0.4, 0.5) is 0 Å². The minimum Gasteiger partial charge on any atom is -0.504 e. The monoisotopic (exact) mass is 221 g/mol. The SMILES string of the molecule is CCC1(CNCc2ccc(O)c(O)c2)CC1. The molecule has 0 spiro atoms. The van der Waals surface area contributed by atoms with Gasteiger partial charge in [-0.1, -0.05) is 13.0 Å². The van der Waals surface area contributed by atoms with Gasteiger partial charge < -0.3 is 15.5 Å². The van der Waals surface area contributed by atoms with Crippen molar-refractivity contribution in [3.63, 3.8) is 0 Å². The number of rotatable bonds is 5. The van der Waals surface area contributed by atoms with Crippen molar-refractivity contribution in [1.29, 1.82) is 0 Å². The maximum absolute atomic E-state index is 9.34. The number of nitrogens with one attached hydrogen (secondary N) is 1. The predicted octanol–water partition coefficient (Wildman–Crippen LogP) is 2.38. The van der Waals surface area contributed by atoms with E-state index in [9.17, 15) is 10.2 Å². The summed E-state index contributed by atoms with van der Waals surface area (Å²) in [6.45, 7) is 4.03. The summed E-state index contributed by atoms with van der Waals surface area (Å²) in [5.41, 5.74) is 1.54. The molecule has 1 aromatic carbocycles. The molecule has 1 aliphatic rings. The Morgan fingerprint density at radius 2 is 2.00 bits per heavy atom. The fraction of sp³-hybridized carbons (Fsp3) is 0.538. The maximum Gasteiger partial charge on any atom is 0.157 e. The van der Waals surface area contributed by atoms with Crippen molar-refractivity contribution in [1.82, 2.24) is 5.32 Å². The molecular weight excluding hydrogens is 202 g/mol. The number of hydrogen-bond donors (Lipinski definition) is 3. The van der Waals surface area contributed by atoms with Gasteiger partial charge in [-0.25, -0.2) is 0 Å². The summed E-state index contributed by atoms with van der Waals surface area (Å²) < 4.78 is 0. The molecule has 0 amide bonds. The molecule has 0 heterocycles. The van der Waals surface area contributed by atoms with Crippen LogP contribution in [0.3, 0.4) is 0 Å². The van der Waals surface area contributed by atoms with E-state index in [4.69, 9.17) is 0 Å². The van der Waals surface area contributed by atoms with Crippen LogP contribution in [-0.4, -0.2) is 16.8 Å². The molecule has 3 nitrogen and oxygen atoms in total. The summed E-state index contributed by atoms with van der Waals surface area (Å²) in [7, 11) is 0. The van der Waals surface area contributed by atoms with Crippen molar-refractivity contribution in [2.24, 2.45) is 5.41 Å². The van der Waals surface area contributed by atoms with Crippen molar-refractivity contribution in [2.75, 3.05) is 6.54 Å². The number of phenols is 2. The largest absolute Gasteiger partial charge is 0.504 e. The minimum atomic E-state index is -0.0593. The molecule has 1 fully saturated rings. The van der Waals surface area contributed by atoms with Crippen LogP contribution >= 0.6 is 0 Å². The van der Waals surface area contributed by atoms with Crippen LogP contribution in [0.1, 0.15) is 31.7 Å². The van der Waals surface area contributed by atoms with E-state index in [2.05, 4.69) is 12.2 Å². The maximum atomic E-state index is 9.34. The Labute approximate surface area is 96.1 Å². The topological polar surface area (TPSA) is 52.5 Å². The molecule has 3 heteroatoms. The van der Waals surface area contributed by atoms with Crippen LogP contribution in [0.15, 0.2) is 18.2 Å². The lowest BCUT2D eigenvalue weighted by Crippen LogP contribution is -2.23. The second-order valence-corrected chi connectivity index (χ2v) is 4.78. The van der Waals surface area contributed by atoms with Crippen LogP contribution < -0.4 is 5.32 Å². The summed E-state index contributed by atoms with van der Waals surface area (Å²) in [6, 6.07) is 4.96. The van der Waals surface area contributed by atoms with E-state index in [-0.39, 0.29) is 11.5 Å². The van der Waals surface area contributed by atoms with E-state index in [1.807, 2.05) is 6.07 Å². The highest BCUT2D eigenvalue weighted by molar-refractivity contribution is 5.40. The van der Waals surface area contributed by atoms with E-state index in [0.29, 0.717) is 5.41 Å². The fourth-order valence-electron chi connectivity index (χ4n) is 1.98. The van der Waals surface area contributed by atoms with Gasteiger partial charge in [0.25, 0.3) is 0 Å². The zero-order valence-electron chi connectivity index (χ0n) is 9.66. The molecule has 0 saturated heterocycles. The summed E-state index contributed by atoms with van der Waals surface area (Å²) in [5.74, 6) is -0.105. The summed E-state index contributed by atoms with van der Waals surface area (Å²) in [4.78, 5) is 0. The second kappa shape index (κ2) is 4.34. The number of aromatic hydroxyl groups is 2. The normalized spacial score (nSPS) is 17.3. The van der Waals surface area contributed by atoms with Crippen LogP contribution in [0.5, 0.6) is 11.5 Å². The molecule has 1 saturated carbocycles. The Balaban J connectivity index is 1.83. The fourth-order valence-corrected chi connectivity index (χ4v) is 1.98. The summed E-state index contributed by atoms with van der Waals surface area (Å²) in [5, 5.41) is 21.9. The Morgan fingerprint density at radius 3 is 2.56 bits per heavy atom. The van der Waals surface area contributed by atoms with Crippen molar-refractivity contribution >= 4 is 0 Å². The van der Waals surface area contributed by atoms with Gasteiger partial charge in [-0.2, -0.15) is 0 Å². The van der Waals surface area contributed by atoms with E-state index in [0.717, 1.165) is 18.7 Å². The molecular formula is C13H19NO2. The van der Waals surface area contributed by atoms with Crippen LogP contribution in [0, 0.1) is 5.41 Å². The van der Waals surface area contributed by atoms with Gasteiger partial charge in [-0.15, -0.1) is 0 Å². The van der Waals surface area contributed by atoms with Crippen LogP contribution in [-0.2, 0) is 6.54 Å². The first-order valence-corrected chi connectivity index (χ1v) is 5.87. The molecule has 3 N–H and O–H groups in total. The molecule has 1 aliphatic carbocycles. The van der Waals surface area contributed by atoms with E-state index in [1.165, 1.54) is 25.3 Å². The van der Waals surface area contributed by atoms with Gasteiger partial charge in [-0.3, -0.25) is 0 Å². The van der Waals surface area contributed by atoms with Crippen LogP contribution in [0.2, 0.25) is 0 Å². The second-order valence-electron chi connectivity index (χ2n) is 4.78. The molecule has 0 radical (unpaired) electrons. The van der Waals surface area contributed by atoms with E-state index in [1.54, 1.807) is 6.07 Å². The van der Waals surface area contributed by atoms with Gasteiger partial charge in [0.2, 0.25) is 0 Å². The minimum absolute atomic E-state index is 0.0454. The Kier molecular flexibility index (Phi) is 3.06. The molecule has 88 valence electrons. The van der Waals surface area contributed by atoms with Crippen molar-refractivity contribution in [2.45, 2.75) is 32.7 Å². The van der Waals surface area contributed by atoms with Gasteiger partial charge >= 0.3 is 0 Å². The first-order chi connectivity index (χ1) is 7.65. The average molecular weight is 221 g/mol. The van der Waals surface area contributed by atoms with Crippen molar-refractivity contribution in [3.8, 4) is 11.5 Å². The molecule has 0 atom stereocenters. The van der Waals surface area contributed by atoms with Gasteiger partial charge in [0.1, 0.15) is 0 Å². The lowest BCUT2D eigenvalue weighted by atomic mass is 10.0. The first-order valence-electron chi connectivity index (χ1n) is 5.87. The molecule has 2 rings (SSSR count). The van der Waals surface area contributed by atoms with Crippen molar-refractivity contribution < 1.29 is 10.2 Å². The highest BCUT2D eigenvalue weighted by Crippen LogP contribution is 2.47. The number of hydrogen-bond acceptors (Lipinski definition) is 3. The molecule has 0 bridgehead atoms. The van der Waals surface area contributed by atoms with E-state index >= 15 is 0 Å². The first kappa shape index (κ1) is 11.3.